The summed E-state index contributed by atoms with van der Waals surface area (Å²) in [5, 5.41) is 32.3. The maximum atomic E-state index is 12.5. The van der Waals surface area contributed by atoms with Crippen molar-refractivity contribution in [3.8, 4) is 5.75 Å². The molecule has 0 heterocycles. The molecule has 166 valence electrons. The van der Waals surface area contributed by atoms with Gasteiger partial charge in [-0.1, -0.05) is 18.6 Å². The lowest BCUT2D eigenvalue weighted by molar-refractivity contribution is -0.143. The third-order valence-corrected chi connectivity index (χ3v) is 4.31. The monoisotopic (exact) mass is 424 g/mol. The van der Waals surface area contributed by atoms with E-state index in [2.05, 4.69) is 10.6 Å². The minimum atomic E-state index is -1.49. The zero-order valence-electron chi connectivity index (χ0n) is 16.4. The molecule has 1 aromatic rings. The Labute approximate surface area is 173 Å². The van der Waals surface area contributed by atoms with Gasteiger partial charge in [0.05, 0.1) is 12.5 Å². The number of phenolic OH excluding ortho intramolecular Hbond substituents is 1. The van der Waals surface area contributed by atoms with E-state index in [1.54, 1.807) is 0 Å². The molecule has 3 atom stereocenters. The van der Waals surface area contributed by atoms with Gasteiger partial charge in [0.1, 0.15) is 17.8 Å². The van der Waals surface area contributed by atoms with E-state index in [9.17, 15) is 29.4 Å². The van der Waals surface area contributed by atoms with Gasteiger partial charge in [0.15, 0.2) is 0 Å². The van der Waals surface area contributed by atoms with E-state index in [-0.39, 0.29) is 12.2 Å². The second-order valence-electron chi connectivity index (χ2n) is 6.82. The molecular formula is C19H28N4O7. The number of carboxylic acid groups (broad SMARTS) is 2. The molecule has 1 aromatic carbocycles. The molecule has 0 radical (unpaired) electrons. The number of hydrogen-bond donors (Lipinski definition) is 7. The van der Waals surface area contributed by atoms with Crippen molar-refractivity contribution < 1.29 is 34.5 Å². The van der Waals surface area contributed by atoms with E-state index in [4.69, 9.17) is 16.6 Å². The van der Waals surface area contributed by atoms with Gasteiger partial charge in [0.25, 0.3) is 0 Å². The van der Waals surface area contributed by atoms with E-state index in [1.807, 2.05) is 0 Å². The first-order valence-electron chi connectivity index (χ1n) is 9.43. The second-order valence-corrected chi connectivity index (χ2v) is 6.82. The Hall–Kier alpha value is -3.18. The van der Waals surface area contributed by atoms with Gasteiger partial charge in [-0.2, -0.15) is 0 Å². The fraction of sp³-hybridized carbons (Fsp3) is 0.474. The van der Waals surface area contributed by atoms with Gasteiger partial charge < -0.3 is 37.4 Å². The van der Waals surface area contributed by atoms with Gasteiger partial charge in [-0.25, -0.2) is 4.79 Å². The number of unbranched alkanes of at least 4 members (excludes halogenated alkanes) is 1. The van der Waals surface area contributed by atoms with Crippen molar-refractivity contribution in [2.75, 3.05) is 6.54 Å². The number of nitrogens with two attached hydrogens (primary N) is 2. The number of aromatic hydroxyl groups is 1. The van der Waals surface area contributed by atoms with Crippen molar-refractivity contribution in [3.05, 3.63) is 29.8 Å². The fourth-order valence-electron chi connectivity index (χ4n) is 2.64. The molecular weight excluding hydrogens is 396 g/mol. The van der Waals surface area contributed by atoms with Gasteiger partial charge in [-0.15, -0.1) is 0 Å². The number of carbonyl (C=O) groups excluding carboxylic acids is 2. The zero-order valence-corrected chi connectivity index (χ0v) is 16.4. The Kier molecular flexibility index (Phi) is 10.3. The molecule has 0 spiro atoms. The van der Waals surface area contributed by atoms with Crippen LogP contribution in [-0.4, -0.2) is 63.7 Å². The third-order valence-electron chi connectivity index (χ3n) is 4.31. The highest BCUT2D eigenvalue weighted by molar-refractivity contribution is 5.93. The second kappa shape index (κ2) is 12.4. The van der Waals surface area contributed by atoms with E-state index in [0.717, 1.165) is 0 Å². The molecule has 30 heavy (non-hydrogen) atoms. The summed E-state index contributed by atoms with van der Waals surface area (Å²) in [5.41, 5.74) is 11.7. The highest BCUT2D eigenvalue weighted by Crippen LogP contribution is 2.12. The average Bonchev–Trinajstić information content (AvgIpc) is 2.68. The lowest BCUT2D eigenvalue weighted by Crippen LogP contribution is -2.55. The van der Waals surface area contributed by atoms with Gasteiger partial charge >= 0.3 is 11.9 Å². The molecule has 0 aliphatic heterocycles. The average molecular weight is 424 g/mol. The summed E-state index contributed by atoms with van der Waals surface area (Å²) < 4.78 is 0. The summed E-state index contributed by atoms with van der Waals surface area (Å²) in [4.78, 5) is 47.3. The highest BCUT2D eigenvalue weighted by atomic mass is 16.4. The molecule has 11 heteroatoms. The Morgan fingerprint density at radius 2 is 1.53 bits per heavy atom. The number of hydrogen-bond acceptors (Lipinski definition) is 7. The molecule has 0 aromatic heterocycles. The molecule has 2 amide bonds. The van der Waals surface area contributed by atoms with Crippen LogP contribution in [0, 0.1) is 0 Å². The smallest absolute Gasteiger partial charge is 0.326 e. The lowest BCUT2D eigenvalue weighted by atomic mass is 10.0. The largest absolute Gasteiger partial charge is 0.508 e. The Morgan fingerprint density at radius 1 is 0.933 bits per heavy atom. The van der Waals surface area contributed by atoms with Crippen molar-refractivity contribution >= 4 is 23.8 Å². The molecule has 0 aliphatic rings. The standard InChI is InChI=1S/C19H28N4O7/c20-8-2-1-3-13(21)17(27)22-14(10-16(25)26)18(28)23-15(19(29)30)9-11-4-6-12(24)7-5-11/h4-7,13-15,24H,1-3,8-10,20-21H2,(H,22,27)(H,23,28)(H,25,26)(H,29,30). The molecule has 0 saturated heterocycles. The molecule has 1 rings (SSSR count). The molecule has 0 bridgehead atoms. The van der Waals surface area contributed by atoms with Crippen molar-refractivity contribution in [1.82, 2.24) is 10.6 Å². The van der Waals surface area contributed by atoms with Crippen LogP contribution in [-0.2, 0) is 25.6 Å². The first kappa shape index (κ1) is 24.9. The fourth-order valence-corrected chi connectivity index (χ4v) is 2.64. The highest BCUT2D eigenvalue weighted by Gasteiger charge is 2.29. The molecule has 0 aliphatic carbocycles. The Bertz CT molecular complexity index is 739. The number of carboxylic acids is 2. The van der Waals surface area contributed by atoms with Gasteiger partial charge in [-0.3, -0.25) is 14.4 Å². The summed E-state index contributed by atoms with van der Waals surface area (Å²) in [7, 11) is 0. The summed E-state index contributed by atoms with van der Waals surface area (Å²) in [6.45, 7) is 0.440. The SMILES string of the molecule is NCCCCC(N)C(=O)NC(CC(=O)O)C(=O)NC(Cc1ccc(O)cc1)C(=O)O. The summed E-state index contributed by atoms with van der Waals surface area (Å²) in [6.07, 6.45) is 0.724. The number of benzene rings is 1. The van der Waals surface area contributed by atoms with Crippen LogP contribution < -0.4 is 22.1 Å². The number of phenols is 1. The summed E-state index contributed by atoms with van der Waals surface area (Å²) >= 11 is 0. The predicted octanol–water partition coefficient (Wildman–Crippen LogP) is -1.08. The van der Waals surface area contributed by atoms with Gasteiger partial charge in [0.2, 0.25) is 11.8 Å². The van der Waals surface area contributed by atoms with Crippen molar-refractivity contribution in [3.63, 3.8) is 0 Å². The quantitative estimate of drug-likeness (QED) is 0.192. The summed E-state index contributed by atoms with van der Waals surface area (Å²) in [6, 6.07) is 1.92. The maximum Gasteiger partial charge on any atom is 0.326 e. The van der Waals surface area contributed by atoms with Crippen molar-refractivity contribution in [1.29, 1.82) is 0 Å². The van der Waals surface area contributed by atoms with Crippen LogP contribution in [0.1, 0.15) is 31.2 Å². The van der Waals surface area contributed by atoms with Crippen LogP contribution in [0.2, 0.25) is 0 Å². The van der Waals surface area contributed by atoms with Crippen LogP contribution in [0.5, 0.6) is 5.75 Å². The lowest BCUT2D eigenvalue weighted by Gasteiger charge is -2.22. The number of rotatable bonds is 13. The molecule has 9 N–H and O–H groups in total. The topological polar surface area (TPSA) is 205 Å². The van der Waals surface area contributed by atoms with Crippen molar-refractivity contribution in [2.45, 2.75) is 50.2 Å². The van der Waals surface area contributed by atoms with E-state index < -0.39 is 48.3 Å². The van der Waals surface area contributed by atoms with Crippen LogP contribution in [0.4, 0.5) is 0 Å². The normalized spacial score (nSPS) is 13.7. The Balaban J connectivity index is 2.81. The third kappa shape index (κ3) is 8.88. The van der Waals surface area contributed by atoms with Crippen LogP contribution in [0.25, 0.3) is 0 Å². The number of amides is 2. The first-order valence-corrected chi connectivity index (χ1v) is 9.43. The maximum absolute atomic E-state index is 12.5. The Morgan fingerprint density at radius 3 is 2.07 bits per heavy atom. The predicted molar refractivity (Wildman–Crippen MR) is 106 cm³/mol. The molecule has 0 fully saturated rings. The van der Waals surface area contributed by atoms with E-state index in [1.165, 1.54) is 24.3 Å². The van der Waals surface area contributed by atoms with Gasteiger partial charge in [0, 0.05) is 6.42 Å². The minimum Gasteiger partial charge on any atom is -0.508 e. The number of carbonyl (C=O) groups is 4. The van der Waals surface area contributed by atoms with Crippen LogP contribution >= 0.6 is 0 Å². The van der Waals surface area contributed by atoms with Gasteiger partial charge in [-0.05, 0) is 37.1 Å². The number of aliphatic carboxylic acids is 2. The minimum absolute atomic E-state index is 0.00157. The van der Waals surface area contributed by atoms with Crippen LogP contribution in [0.3, 0.4) is 0 Å². The molecule has 0 saturated carbocycles. The zero-order chi connectivity index (χ0) is 22.7. The van der Waals surface area contributed by atoms with E-state index >= 15 is 0 Å². The summed E-state index contributed by atoms with van der Waals surface area (Å²) in [5.74, 6) is -4.35. The van der Waals surface area contributed by atoms with Crippen LogP contribution in [0.15, 0.2) is 24.3 Å². The first-order chi connectivity index (χ1) is 14.1. The molecule has 11 nitrogen and oxygen atoms in total. The molecule has 3 unspecified atom stereocenters. The van der Waals surface area contributed by atoms with E-state index in [0.29, 0.717) is 31.4 Å². The van der Waals surface area contributed by atoms with Crippen molar-refractivity contribution in [2.24, 2.45) is 11.5 Å². The number of nitrogens with one attached hydrogen (secondary N) is 2.